The van der Waals surface area contributed by atoms with Crippen LogP contribution in [0.25, 0.3) is 0 Å². The minimum Gasteiger partial charge on any atom is -0.398 e. The third kappa shape index (κ3) is 2.99. The number of anilines is 1. The fourth-order valence-electron chi connectivity index (χ4n) is 1.34. The van der Waals surface area contributed by atoms with Crippen LogP contribution in [0, 0.1) is 0 Å². The second-order valence-electron chi connectivity index (χ2n) is 3.49. The summed E-state index contributed by atoms with van der Waals surface area (Å²) in [6.45, 7) is 0.133. The lowest BCUT2D eigenvalue weighted by atomic mass is 10.3. The number of rotatable bonds is 4. The molecule has 1 heterocycles. The average molecular weight is 304 g/mol. The molecule has 1 aromatic heterocycles. The summed E-state index contributed by atoms with van der Waals surface area (Å²) < 4.78 is 26.4. The summed E-state index contributed by atoms with van der Waals surface area (Å²) in [7, 11) is -3.65. The first-order valence-electron chi connectivity index (χ1n) is 4.91. The molecule has 0 bridgehead atoms. The summed E-state index contributed by atoms with van der Waals surface area (Å²) in [6, 6.07) is 4.26. The molecule has 0 unspecified atom stereocenters. The van der Waals surface area contributed by atoms with Gasteiger partial charge in [-0.15, -0.1) is 11.3 Å². The van der Waals surface area contributed by atoms with Crippen molar-refractivity contribution in [3.8, 4) is 0 Å². The minimum atomic E-state index is -3.65. The van der Waals surface area contributed by atoms with Crippen molar-refractivity contribution >= 4 is 38.6 Å². The molecular weight excluding hydrogens is 294 g/mol. The first kappa shape index (κ1) is 13.3. The summed E-state index contributed by atoms with van der Waals surface area (Å²) in [5, 5.41) is 2.17. The van der Waals surface area contributed by atoms with Gasteiger partial charge in [-0.05, 0) is 18.2 Å². The van der Waals surface area contributed by atoms with E-state index in [4.69, 9.17) is 17.3 Å². The van der Waals surface area contributed by atoms with E-state index in [-0.39, 0.29) is 17.1 Å². The number of benzene rings is 1. The fraction of sp³-hybridized carbons (Fsp3) is 0.100. The van der Waals surface area contributed by atoms with Crippen molar-refractivity contribution in [2.75, 3.05) is 5.73 Å². The second-order valence-corrected chi connectivity index (χ2v) is 6.38. The number of nitrogens with two attached hydrogens (primary N) is 1. The molecule has 1 aromatic carbocycles. The number of hydrogen-bond donors (Lipinski definition) is 2. The Hall–Kier alpha value is -1.15. The Kier molecular flexibility index (Phi) is 3.86. The molecule has 0 saturated carbocycles. The highest BCUT2D eigenvalue weighted by Gasteiger charge is 2.17. The Morgan fingerprint density at radius 3 is 2.83 bits per heavy atom. The molecule has 0 radical (unpaired) electrons. The van der Waals surface area contributed by atoms with Crippen LogP contribution in [0.5, 0.6) is 0 Å². The van der Waals surface area contributed by atoms with Crippen molar-refractivity contribution in [1.82, 2.24) is 9.71 Å². The van der Waals surface area contributed by atoms with Crippen LogP contribution in [0.2, 0.25) is 5.02 Å². The summed E-state index contributed by atoms with van der Waals surface area (Å²) in [6.07, 6.45) is 0. The molecule has 0 spiro atoms. The SMILES string of the molecule is Nc1cc(Cl)ccc1S(=O)(=O)NCc1cscn1. The third-order valence-corrected chi connectivity index (χ3v) is 4.53. The monoisotopic (exact) mass is 303 g/mol. The molecular formula is C10H10ClN3O2S2. The van der Waals surface area contributed by atoms with E-state index in [0.717, 1.165) is 0 Å². The topological polar surface area (TPSA) is 85.1 Å². The van der Waals surface area contributed by atoms with Gasteiger partial charge in [-0.25, -0.2) is 18.1 Å². The van der Waals surface area contributed by atoms with E-state index in [0.29, 0.717) is 10.7 Å². The highest BCUT2D eigenvalue weighted by Crippen LogP contribution is 2.22. The van der Waals surface area contributed by atoms with Crippen molar-refractivity contribution in [3.05, 3.63) is 39.8 Å². The predicted molar refractivity (Wildman–Crippen MR) is 72.0 cm³/mol. The van der Waals surface area contributed by atoms with E-state index in [2.05, 4.69) is 9.71 Å². The molecule has 5 nitrogen and oxygen atoms in total. The lowest BCUT2D eigenvalue weighted by Gasteiger charge is -2.08. The molecule has 0 saturated heterocycles. The largest absolute Gasteiger partial charge is 0.398 e. The van der Waals surface area contributed by atoms with Crippen molar-refractivity contribution in [1.29, 1.82) is 0 Å². The molecule has 18 heavy (non-hydrogen) atoms. The van der Waals surface area contributed by atoms with Gasteiger partial charge in [-0.3, -0.25) is 0 Å². The van der Waals surface area contributed by atoms with Crippen LogP contribution in [0.15, 0.2) is 34.0 Å². The maximum absolute atomic E-state index is 12.0. The van der Waals surface area contributed by atoms with Gasteiger partial charge in [0.05, 0.1) is 23.4 Å². The lowest BCUT2D eigenvalue weighted by Crippen LogP contribution is -2.24. The second kappa shape index (κ2) is 5.23. The van der Waals surface area contributed by atoms with Crippen LogP contribution in [-0.4, -0.2) is 13.4 Å². The fourth-order valence-corrected chi connectivity index (χ4v) is 3.18. The number of sulfonamides is 1. The highest BCUT2D eigenvalue weighted by molar-refractivity contribution is 7.89. The molecule has 2 aromatic rings. The Balaban J connectivity index is 2.20. The van der Waals surface area contributed by atoms with E-state index < -0.39 is 10.0 Å². The molecule has 2 rings (SSSR count). The van der Waals surface area contributed by atoms with E-state index >= 15 is 0 Å². The molecule has 0 fully saturated rings. The molecule has 0 aliphatic carbocycles. The Morgan fingerprint density at radius 2 is 2.22 bits per heavy atom. The summed E-state index contributed by atoms with van der Waals surface area (Å²) in [4.78, 5) is 4.00. The van der Waals surface area contributed by atoms with E-state index in [1.54, 1.807) is 10.9 Å². The average Bonchev–Trinajstić information content (AvgIpc) is 2.78. The molecule has 0 atom stereocenters. The molecule has 3 N–H and O–H groups in total. The first-order valence-corrected chi connectivity index (χ1v) is 7.71. The Labute approximate surface area is 114 Å². The minimum absolute atomic E-state index is 0.0159. The molecule has 0 amide bonds. The van der Waals surface area contributed by atoms with Gasteiger partial charge < -0.3 is 5.73 Å². The van der Waals surface area contributed by atoms with E-state index in [1.807, 2.05) is 0 Å². The van der Waals surface area contributed by atoms with Gasteiger partial charge in [-0.2, -0.15) is 0 Å². The maximum Gasteiger partial charge on any atom is 0.242 e. The number of thiazole rings is 1. The summed E-state index contributed by atoms with van der Waals surface area (Å²) in [5.41, 5.74) is 8.06. The van der Waals surface area contributed by atoms with Gasteiger partial charge in [0.25, 0.3) is 0 Å². The van der Waals surface area contributed by atoms with Crippen LogP contribution < -0.4 is 10.5 Å². The molecule has 96 valence electrons. The zero-order valence-electron chi connectivity index (χ0n) is 9.13. The number of nitrogens with zero attached hydrogens (tertiary/aromatic N) is 1. The molecule has 0 aliphatic heterocycles. The zero-order valence-corrected chi connectivity index (χ0v) is 11.5. The Morgan fingerprint density at radius 1 is 1.44 bits per heavy atom. The van der Waals surface area contributed by atoms with Crippen molar-refractivity contribution in [2.24, 2.45) is 0 Å². The Bertz CT molecular complexity index is 641. The highest BCUT2D eigenvalue weighted by atomic mass is 35.5. The smallest absolute Gasteiger partial charge is 0.242 e. The lowest BCUT2D eigenvalue weighted by molar-refractivity contribution is 0.581. The van der Waals surface area contributed by atoms with Crippen LogP contribution in [0.3, 0.4) is 0 Å². The normalized spacial score (nSPS) is 11.6. The molecule has 0 aliphatic rings. The van der Waals surface area contributed by atoms with E-state index in [9.17, 15) is 8.42 Å². The van der Waals surface area contributed by atoms with E-state index in [1.165, 1.54) is 29.5 Å². The summed E-state index contributed by atoms with van der Waals surface area (Å²) >= 11 is 7.12. The maximum atomic E-state index is 12.0. The van der Waals surface area contributed by atoms with Crippen LogP contribution in [0.4, 0.5) is 5.69 Å². The van der Waals surface area contributed by atoms with Crippen LogP contribution in [-0.2, 0) is 16.6 Å². The molecule has 8 heteroatoms. The number of nitrogen functional groups attached to an aromatic ring is 1. The van der Waals surface area contributed by atoms with Gasteiger partial charge in [0.2, 0.25) is 10.0 Å². The van der Waals surface area contributed by atoms with Gasteiger partial charge in [0.1, 0.15) is 4.90 Å². The quantitative estimate of drug-likeness (QED) is 0.844. The number of aromatic nitrogens is 1. The van der Waals surface area contributed by atoms with Crippen LogP contribution >= 0.6 is 22.9 Å². The van der Waals surface area contributed by atoms with Gasteiger partial charge >= 0.3 is 0 Å². The van der Waals surface area contributed by atoms with Crippen LogP contribution in [0.1, 0.15) is 5.69 Å². The predicted octanol–water partition coefficient (Wildman–Crippen LogP) is 1.86. The first-order chi connectivity index (χ1) is 8.49. The third-order valence-electron chi connectivity index (χ3n) is 2.19. The van der Waals surface area contributed by atoms with Crippen molar-refractivity contribution in [3.63, 3.8) is 0 Å². The zero-order chi connectivity index (χ0) is 13.2. The van der Waals surface area contributed by atoms with Gasteiger partial charge in [-0.1, -0.05) is 11.6 Å². The van der Waals surface area contributed by atoms with Crippen molar-refractivity contribution < 1.29 is 8.42 Å². The number of halogens is 1. The van der Waals surface area contributed by atoms with Gasteiger partial charge in [0.15, 0.2) is 0 Å². The summed E-state index contributed by atoms with van der Waals surface area (Å²) in [5.74, 6) is 0. The van der Waals surface area contributed by atoms with Crippen molar-refractivity contribution in [2.45, 2.75) is 11.4 Å². The standard InChI is InChI=1S/C10H10ClN3O2S2/c11-7-1-2-10(9(12)3-7)18(15,16)14-4-8-5-17-6-13-8/h1-3,5-6,14H,4,12H2. The number of hydrogen-bond acceptors (Lipinski definition) is 5. The van der Waals surface area contributed by atoms with Gasteiger partial charge in [0, 0.05) is 10.4 Å². The number of nitrogens with one attached hydrogen (secondary N) is 1.